The van der Waals surface area contributed by atoms with Crippen LogP contribution in [0, 0.1) is 0 Å². The van der Waals surface area contributed by atoms with Crippen LogP contribution < -0.4 is 10.5 Å². The fourth-order valence-electron chi connectivity index (χ4n) is 1.20. The zero-order valence-electron chi connectivity index (χ0n) is 8.36. The van der Waals surface area contributed by atoms with E-state index in [9.17, 15) is 5.11 Å². The molecule has 1 aromatic carbocycles. The monoisotopic (exact) mass is 217 g/mol. The molecule has 0 bridgehead atoms. The number of hydrogen-bond acceptors (Lipinski definition) is 3. The van der Waals surface area contributed by atoms with Gasteiger partial charge in [-0.05, 0) is 37.1 Å². The van der Waals surface area contributed by atoms with Crippen molar-refractivity contribution in [2.75, 3.05) is 7.11 Å². The summed E-state index contributed by atoms with van der Waals surface area (Å²) >= 11 is 0. The standard InChI is InChI=1S/C10H15NO2.ClH/c1-7(11)5-8-6-9(13-2)3-4-10(8)12;/h3-4,6-7,12H,5,11H2,1-2H3;1H. The van der Waals surface area contributed by atoms with E-state index in [0.29, 0.717) is 6.42 Å². The van der Waals surface area contributed by atoms with Crippen molar-refractivity contribution < 1.29 is 9.84 Å². The Bertz CT molecular complexity index is 289. The molecule has 0 radical (unpaired) electrons. The second-order valence-corrected chi connectivity index (χ2v) is 3.18. The zero-order chi connectivity index (χ0) is 9.84. The molecule has 80 valence electrons. The van der Waals surface area contributed by atoms with Gasteiger partial charge in [-0.2, -0.15) is 0 Å². The van der Waals surface area contributed by atoms with E-state index in [-0.39, 0.29) is 24.2 Å². The highest BCUT2D eigenvalue weighted by Gasteiger charge is 2.05. The van der Waals surface area contributed by atoms with Gasteiger partial charge in [0, 0.05) is 6.04 Å². The second kappa shape index (κ2) is 5.73. The average molecular weight is 218 g/mol. The van der Waals surface area contributed by atoms with Gasteiger partial charge in [-0.25, -0.2) is 0 Å². The maximum Gasteiger partial charge on any atom is 0.119 e. The number of phenolic OH excluding ortho intramolecular Hbond substituents is 1. The molecule has 1 unspecified atom stereocenters. The van der Waals surface area contributed by atoms with E-state index in [0.717, 1.165) is 11.3 Å². The van der Waals surface area contributed by atoms with E-state index in [1.165, 1.54) is 0 Å². The van der Waals surface area contributed by atoms with Crippen molar-refractivity contribution in [1.82, 2.24) is 0 Å². The van der Waals surface area contributed by atoms with E-state index in [1.807, 2.05) is 6.92 Å². The van der Waals surface area contributed by atoms with Crippen LogP contribution in [-0.4, -0.2) is 18.3 Å². The van der Waals surface area contributed by atoms with Crippen molar-refractivity contribution in [3.8, 4) is 11.5 Å². The summed E-state index contributed by atoms with van der Waals surface area (Å²) in [6, 6.07) is 5.19. The highest BCUT2D eigenvalue weighted by molar-refractivity contribution is 5.85. The molecular formula is C10H16ClNO2. The lowest BCUT2D eigenvalue weighted by molar-refractivity contribution is 0.410. The third-order valence-electron chi connectivity index (χ3n) is 1.83. The van der Waals surface area contributed by atoms with Crippen molar-refractivity contribution in [2.45, 2.75) is 19.4 Å². The topological polar surface area (TPSA) is 55.5 Å². The van der Waals surface area contributed by atoms with Gasteiger partial charge in [0.15, 0.2) is 0 Å². The van der Waals surface area contributed by atoms with Gasteiger partial charge in [0.05, 0.1) is 7.11 Å². The quantitative estimate of drug-likeness (QED) is 0.811. The van der Waals surface area contributed by atoms with E-state index in [2.05, 4.69) is 0 Å². The summed E-state index contributed by atoms with van der Waals surface area (Å²) in [5.41, 5.74) is 6.46. The van der Waals surface area contributed by atoms with Gasteiger partial charge in [0.2, 0.25) is 0 Å². The molecule has 0 heterocycles. The van der Waals surface area contributed by atoms with E-state index in [1.54, 1.807) is 25.3 Å². The van der Waals surface area contributed by atoms with Crippen molar-refractivity contribution in [1.29, 1.82) is 0 Å². The minimum absolute atomic E-state index is 0. The minimum atomic E-state index is 0. The first-order valence-electron chi connectivity index (χ1n) is 4.25. The lowest BCUT2D eigenvalue weighted by atomic mass is 10.1. The van der Waals surface area contributed by atoms with Crippen molar-refractivity contribution in [3.63, 3.8) is 0 Å². The molecule has 3 N–H and O–H groups in total. The molecule has 0 saturated carbocycles. The molecular weight excluding hydrogens is 202 g/mol. The molecule has 0 fully saturated rings. The lowest BCUT2D eigenvalue weighted by Crippen LogP contribution is -2.17. The van der Waals surface area contributed by atoms with Gasteiger partial charge in [-0.3, -0.25) is 0 Å². The number of benzene rings is 1. The van der Waals surface area contributed by atoms with Gasteiger partial charge in [0.25, 0.3) is 0 Å². The van der Waals surface area contributed by atoms with E-state index in [4.69, 9.17) is 10.5 Å². The summed E-state index contributed by atoms with van der Waals surface area (Å²) in [5.74, 6) is 1.02. The first-order valence-corrected chi connectivity index (χ1v) is 4.25. The SMILES string of the molecule is COc1ccc(O)c(CC(C)N)c1.Cl. The molecule has 0 aliphatic heterocycles. The molecule has 0 spiro atoms. The van der Waals surface area contributed by atoms with Crippen LogP contribution >= 0.6 is 12.4 Å². The van der Waals surface area contributed by atoms with Crippen molar-refractivity contribution >= 4 is 12.4 Å². The molecule has 1 aromatic rings. The fraction of sp³-hybridized carbons (Fsp3) is 0.400. The smallest absolute Gasteiger partial charge is 0.119 e. The highest BCUT2D eigenvalue weighted by atomic mass is 35.5. The molecule has 0 saturated heterocycles. The fourth-order valence-corrected chi connectivity index (χ4v) is 1.20. The number of methoxy groups -OCH3 is 1. The largest absolute Gasteiger partial charge is 0.508 e. The molecule has 0 amide bonds. The van der Waals surface area contributed by atoms with Crippen LogP contribution in [-0.2, 0) is 6.42 Å². The van der Waals surface area contributed by atoms with Crippen LogP contribution in [0.1, 0.15) is 12.5 Å². The number of hydrogen-bond donors (Lipinski definition) is 2. The summed E-state index contributed by atoms with van der Waals surface area (Å²) in [4.78, 5) is 0. The second-order valence-electron chi connectivity index (χ2n) is 3.18. The molecule has 3 nitrogen and oxygen atoms in total. The maximum absolute atomic E-state index is 9.47. The van der Waals surface area contributed by atoms with Gasteiger partial charge >= 0.3 is 0 Å². The summed E-state index contributed by atoms with van der Waals surface area (Å²) < 4.78 is 5.04. The van der Waals surface area contributed by atoms with Gasteiger partial charge < -0.3 is 15.6 Å². The predicted octanol–water partition coefficient (Wildman–Crippen LogP) is 1.71. The summed E-state index contributed by atoms with van der Waals surface area (Å²) in [7, 11) is 1.60. The lowest BCUT2D eigenvalue weighted by Gasteiger charge is -2.09. The van der Waals surface area contributed by atoms with Gasteiger partial charge in [-0.15, -0.1) is 12.4 Å². The Morgan fingerprint density at radius 3 is 2.64 bits per heavy atom. The van der Waals surface area contributed by atoms with Crippen molar-refractivity contribution in [2.24, 2.45) is 5.73 Å². The summed E-state index contributed by atoms with van der Waals surface area (Å²) in [5, 5.41) is 9.47. The summed E-state index contributed by atoms with van der Waals surface area (Å²) in [6.07, 6.45) is 0.656. The van der Waals surface area contributed by atoms with Crippen LogP contribution in [0.25, 0.3) is 0 Å². The summed E-state index contributed by atoms with van der Waals surface area (Å²) in [6.45, 7) is 1.90. The normalized spacial score (nSPS) is 11.6. The highest BCUT2D eigenvalue weighted by Crippen LogP contribution is 2.23. The minimum Gasteiger partial charge on any atom is -0.508 e. The van der Waals surface area contributed by atoms with Crippen LogP contribution in [0.5, 0.6) is 11.5 Å². The first kappa shape index (κ1) is 13.1. The molecule has 14 heavy (non-hydrogen) atoms. The molecule has 4 heteroatoms. The van der Waals surface area contributed by atoms with Gasteiger partial charge in [0.1, 0.15) is 11.5 Å². The van der Waals surface area contributed by atoms with Gasteiger partial charge in [-0.1, -0.05) is 0 Å². The van der Waals surface area contributed by atoms with Crippen LogP contribution in [0.15, 0.2) is 18.2 Å². The number of phenols is 1. The Balaban J connectivity index is 0.00000169. The van der Waals surface area contributed by atoms with Crippen LogP contribution in [0.2, 0.25) is 0 Å². The molecule has 0 aliphatic carbocycles. The Hall–Kier alpha value is -0.930. The predicted molar refractivity (Wildman–Crippen MR) is 59.3 cm³/mol. The third-order valence-corrected chi connectivity index (χ3v) is 1.83. The third kappa shape index (κ3) is 3.44. The first-order chi connectivity index (χ1) is 6.13. The number of aromatic hydroxyl groups is 1. The zero-order valence-corrected chi connectivity index (χ0v) is 9.17. The molecule has 0 aromatic heterocycles. The molecule has 1 rings (SSSR count). The Labute approximate surface area is 90.3 Å². The molecule has 0 aliphatic rings. The average Bonchev–Trinajstić information content (AvgIpc) is 2.08. The number of halogens is 1. The number of nitrogens with two attached hydrogens (primary N) is 1. The van der Waals surface area contributed by atoms with Crippen molar-refractivity contribution in [3.05, 3.63) is 23.8 Å². The Morgan fingerprint density at radius 1 is 1.50 bits per heavy atom. The van der Waals surface area contributed by atoms with E-state index >= 15 is 0 Å². The van der Waals surface area contributed by atoms with E-state index < -0.39 is 0 Å². The van der Waals surface area contributed by atoms with Crippen LogP contribution in [0.3, 0.4) is 0 Å². The number of ether oxygens (including phenoxy) is 1. The Kier molecular flexibility index (Phi) is 5.35. The Morgan fingerprint density at radius 2 is 2.14 bits per heavy atom. The number of rotatable bonds is 3. The molecule has 1 atom stereocenters. The maximum atomic E-state index is 9.47. The van der Waals surface area contributed by atoms with Crippen LogP contribution in [0.4, 0.5) is 0 Å².